The molecular weight excluding hydrogens is 316 g/mol. The van der Waals surface area contributed by atoms with Gasteiger partial charge in [0.2, 0.25) is 10.0 Å². The van der Waals surface area contributed by atoms with E-state index >= 15 is 0 Å². The normalized spacial score (nSPS) is 19.0. The second kappa shape index (κ2) is 6.06. The largest absolute Gasteiger partial charge is 0.290 e. The molecule has 0 saturated carbocycles. The molecule has 1 aliphatic rings. The third-order valence-corrected chi connectivity index (χ3v) is 4.71. The Labute approximate surface area is 136 Å². The lowest BCUT2D eigenvalue weighted by Crippen LogP contribution is -2.42. The molecule has 0 unspecified atom stereocenters. The molecule has 0 bridgehead atoms. The summed E-state index contributed by atoms with van der Waals surface area (Å²) in [6.07, 6.45) is 2.94. The highest BCUT2D eigenvalue weighted by molar-refractivity contribution is 7.88. The van der Waals surface area contributed by atoms with Crippen molar-refractivity contribution in [1.82, 2.24) is 29.2 Å². The standard InChI is InChI=1S/C14H22N6O2S/c1-11-6-13(18(2)17-11)9-19-8-12-4-5-15-20(12)14(10-19)7-16-23(3,21)22/h4-6,14,16H,7-10H2,1-3H3/t14-/m0/s1. The van der Waals surface area contributed by atoms with Crippen molar-refractivity contribution in [3.8, 4) is 0 Å². The Balaban J connectivity index is 1.76. The minimum absolute atomic E-state index is 0.0159. The van der Waals surface area contributed by atoms with E-state index < -0.39 is 10.0 Å². The first kappa shape index (κ1) is 16.2. The maximum Gasteiger partial charge on any atom is 0.208 e. The maximum atomic E-state index is 11.4. The zero-order valence-electron chi connectivity index (χ0n) is 13.6. The number of aromatic nitrogens is 4. The highest BCUT2D eigenvalue weighted by Crippen LogP contribution is 2.21. The topological polar surface area (TPSA) is 85.0 Å². The molecular formula is C14H22N6O2S. The van der Waals surface area contributed by atoms with Gasteiger partial charge in [0.05, 0.1) is 29.4 Å². The van der Waals surface area contributed by atoms with Crippen LogP contribution in [0.5, 0.6) is 0 Å². The summed E-state index contributed by atoms with van der Waals surface area (Å²) < 4.78 is 29.2. The van der Waals surface area contributed by atoms with Crippen LogP contribution in [0, 0.1) is 6.92 Å². The van der Waals surface area contributed by atoms with Crippen LogP contribution in [0.1, 0.15) is 23.1 Å². The van der Waals surface area contributed by atoms with Crippen molar-refractivity contribution in [2.75, 3.05) is 19.3 Å². The van der Waals surface area contributed by atoms with Crippen molar-refractivity contribution in [1.29, 1.82) is 0 Å². The second-order valence-corrected chi connectivity index (χ2v) is 7.94. The Morgan fingerprint density at radius 3 is 2.87 bits per heavy atom. The third kappa shape index (κ3) is 3.80. The molecule has 2 aromatic rings. The molecule has 0 spiro atoms. The van der Waals surface area contributed by atoms with E-state index in [1.54, 1.807) is 6.20 Å². The molecule has 0 radical (unpaired) electrons. The Hall–Kier alpha value is -1.71. The lowest BCUT2D eigenvalue weighted by Gasteiger charge is -2.33. The Morgan fingerprint density at radius 2 is 2.22 bits per heavy atom. The van der Waals surface area contributed by atoms with Crippen LogP contribution < -0.4 is 4.72 Å². The number of hydrogen-bond donors (Lipinski definition) is 1. The van der Waals surface area contributed by atoms with Crippen molar-refractivity contribution in [2.24, 2.45) is 7.05 Å². The third-order valence-electron chi connectivity index (χ3n) is 4.02. The van der Waals surface area contributed by atoms with E-state index in [2.05, 4.69) is 25.9 Å². The summed E-state index contributed by atoms with van der Waals surface area (Å²) in [7, 11) is -1.27. The van der Waals surface area contributed by atoms with Gasteiger partial charge in [-0.25, -0.2) is 13.1 Å². The van der Waals surface area contributed by atoms with Crippen molar-refractivity contribution in [3.63, 3.8) is 0 Å². The quantitative estimate of drug-likeness (QED) is 0.831. The SMILES string of the molecule is Cc1cc(CN2Cc3ccnn3[C@@H](CNS(C)(=O)=O)C2)n(C)n1. The van der Waals surface area contributed by atoms with Gasteiger partial charge in [-0.05, 0) is 19.1 Å². The zero-order valence-corrected chi connectivity index (χ0v) is 14.4. The zero-order chi connectivity index (χ0) is 16.6. The van der Waals surface area contributed by atoms with Crippen LogP contribution in [-0.4, -0.2) is 52.2 Å². The van der Waals surface area contributed by atoms with Gasteiger partial charge in [-0.3, -0.25) is 14.3 Å². The minimum Gasteiger partial charge on any atom is -0.290 e. The van der Waals surface area contributed by atoms with Crippen molar-refractivity contribution < 1.29 is 8.42 Å². The molecule has 1 N–H and O–H groups in total. The van der Waals surface area contributed by atoms with Gasteiger partial charge in [0, 0.05) is 39.4 Å². The number of aryl methyl sites for hydroxylation is 2. The van der Waals surface area contributed by atoms with Crippen LogP contribution in [0.4, 0.5) is 0 Å². The minimum atomic E-state index is -3.21. The van der Waals surface area contributed by atoms with Gasteiger partial charge in [0.25, 0.3) is 0 Å². The first-order valence-corrected chi connectivity index (χ1v) is 9.40. The van der Waals surface area contributed by atoms with Crippen LogP contribution in [0.2, 0.25) is 0 Å². The Morgan fingerprint density at radius 1 is 1.43 bits per heavy atom. The van der Waals surface area contributed by atoms with E-state index in [9.17, 15) is 8.42 Å². The van der Waals surface area contributed by atoms with Gasteiger partial charge < -0.3 is 0 Å². The summed E-state index contributed by atoms with van der Waals surface area (Å²) >= 11 is 0. The molecule has 1 aliphatic heterocycles. The van der Waals surface area contributed by atoms with Crippen LogP contribution in [-0.2, 0) is 30.2 Å². The monoisotopic (exact) mass is 338 g/mol. The summed E-state index contributed by atoms with van der Waals surface area (Å²) in [5.74, 6) is 0. The van der Waals surface area contributed by atoms with Crippen LogP contribution >= 0.6 is 0 Å². The number of nitrogens with one attached hydrogen (secondary N) is 1. The lowest BCUT2D eigenvalue weighted by atomic mass is 10.2. The van der Waals surface area contributed by atoms with E-state index in [4.69, 9.17) is 0 Å². The van der Waals surface area contributed by atoms with E-state index in [1.165, 1.54) is 6.26 Å². The fourth-order valence-electron chi connectivity index (χ4n) is 3.03. The van der Waals surface area contributed by atoms with Gasteiger partial charge in [0.1, 0.15) is 0 Å². The summed E-state index contributed by atoms with van der Waals surface area (Å²) in [5, 5.41) is 8.72. The number of rotatable bonds is 5. The Kier molecular flexibility index (Phi) is 4.26. The highest BCUT2D eigenvalue weighted by atomic mass is 32.2. The average Bonchev–Trinajstić information content (AvgIpc) is 3.02. The number of nitrogens with zero attached hydrogens (tertiary/aromatic N) is 5. The maximum absolute atomic E-state index is 11.4. The summed E-state index contributed by atoms with van der Waals surface area (Å²) in [4.78, 5) is 2.29. The molecule has 8 nitrogen and oxygen atoms in total. The van der Waals surface area contributed by atoms with E-state index in [1.807, 2.05) is 29.4 Å². The first-order chi connectivity index (χ1) is 10.8. The molecule has 0 amide bonds. The van der Waals surface area contributed by atoms with Gasteiger partial charge in [-0.1, -0.05) is 0 Å². The molecule has 0 aliphatic carbocycles. The lowest BCUT2D eigenvalue weighted by molar-refractivity contribution is 0.164. The van der Waals surface area contributed by atoms with Crippen LogP contribution in [0.3, 0.4) is 0 Å². The van der Waals surface area contributed by atoms with Crippen LogP contribution in [0.15, 0.2) is 18.3 Å². The summed E-state index contributed by atoms with van der Waals surface area (Å²) in [6.45, 7) is 4.63. The molecule has 0 fully saturated rings. The molecule has 0 saturated heterocycles. The molecule has 3 rings (SSSR count). The summed E-state index contributed by atoms with van der Waals surface area (Å²) in [5.41, 5.74) is 3.24. The van der Waals surface area contributed by atoms with Crippen molar-refractivity contribution >= 4 is 10.0 Å². The van der Waals surface area contributed by atoms with E-state index in [-0.39, 0.29) is 6.04 Å². The fourth-order valence-corrected chi connectivity index (χ4v) is 3.52. The Bertz CT molecular complexity index is 794. The predicted molar refractivity (Wildman–Crippen MR) is 86.2 cm³/mol. The molecule has 2 aromatic heterocycles. The second-order valence-electron chi connectivity index (χ2n) is 6.11. The fraction of sp³-hybridized carbons (Fsp3) is 0.571. The van der Waals surface area contributed by atoms with Crippen molar-refractivity contribution in [3.05, 3.63) is 35.4 Å². The summed E-state index contributed by atoms with van der Waals surface area (Å²) in [6, 6.07) is 4.04. The predicted octanol–water partition coefficient (Wildman–Crippen LogP) is 0.0311. The highest BCUT2D eigenvalue weighted by Gasteiger charge is 2.26. The van der Waals surface area contributed by atoms with E-state index in [0.717, 1.165) is 36.7 Å². The molecule has 23 heavy (non-hydrogen) atoms. The molecule has 1 atom stereocenters. The smallest absolute Gasteiger partial charge is 0.208 e. The van der Waals surface area contributed by atoms with Gasteiger partial charge >= 0.3 is 0 Å². The van der Waals surface area contributed by atoms with E-state index in [0.29, 0.717) is 6.54 Å². The number of sulfonamides is 1. The van der Waals surface area contributed by atoms with Crippen molar-refractivity contribution in [2.45, 2.75) is 26.1 Å². The molecule has 0 aromatic carbocycles. The molecule has 126 valence electrons. The first-order valence-electron chi connectivity index (χ1n) is 7.51. The molecule has 9 heteroatoms. The van der Waals surface area contributed by atoms with Gasteiger partial charge in [-0.2, -0.15) is 10.2 Å². The number of hydrogen-bond acceptors (Lipinski definition) is 5. The van der Waals surface area contributed by atoms with Gasteiger partial charge in [-0.15, -0.1) is 0 Å². The average molecular weight is 338 g/mol. The van der Waals surface area contributed by atoms with Crippen LogP contribution in [0.25, 0.3) is 0 Å². The van der Waals surface area contributed by atoms with Gasteiger partial charge in [0.15, 0.2) is 0 Å². The number of fused-ring (bicyclic) bond motifs is 1. The molecule has 3 heterocycles.